The summed E-state index contributed by atoms with van der Waals surface area (Å²) in [7, 11) is -3.54. The normalized spacial score (nSPS) is 16.4. The largest absolute Gasteiger partial charge is 0.300 e. The second-order valence-corrected chi connectivity index (χ2v) is 8.78. The highest BCUT2D eigenvalue weighted by Gasteiger charge is 2.33. The van der Waals surface area contributed by atoms with Crippen molar-refractivity contribution in [2.75, 3.05) is 18.4 Å². The van der Waals surface area contributed by atoms with Crippen LogP contribution in [-0.2, 0) is 21.4 Å². The predicted molar refractivity (Wildman–Crippen MR) is 102 cm³/mol. The fourth-order valence-electron chi connectivity index (χ4n) is 3.38. The summed E-state index contributed by atoms with van der Waals surface area (Å²) < 4.78 is 29.1. The highest BCUT2D eigenvalue weighted by molar-refractivity contribution is 7.89. The van der Waals surface area contributed by atoms with Gasteiger partial charge in [0.2, 0.25) is 21.9 Å². The van der Waals surface area contributed by atoms with Crippen molar-refractivity contribution >= 4 is 21.9 Å². The fourth-order valence-corrected chi connectivity index (χ4v) is 5.06. The van der Waals surface area contributed by atoms with Gasteiger partial charge in [-0.2, -0.15) is 4.31 Å². The maximum Gasteiger partial charge on any atom is 0.243 e. The van der Waals surface area contributed by atoms with Gasteiger partial charge in [0.15, 0.2) is 0 Å². The third-order valence-corrected chi connectivity index (χ3v) is 7.02. The van der Waals surface area contributed by atoms with E-state index in [-0.39, 0.29) is 11.8 Å². The van der Waals surface area contributed by atoms with Crippen LogP contribution in [0.1, 0.15) is 30.9 Å². The van der Waals surface area contributed by atoms with Gasteiger partial charge in [0, 0.05) is 25.6 Å². The molecule has 2 heterocycles. The molecule has 1 aromatic carbocycles. The molecule has 1 aliphatic heterocycles. The molecule has 0 spiro atoms. The molecule has 9 heteroatoms. The Morgan fingerprint density at radius 3 is 2.59 bits per heavy atom. The lowest BCUT2D eigenvalue weighted by atomic mass is 9.97. The standard InChI is InChI=1S/C18H25N5O3S/c1-4-22-12-19-21-18(22)20-17(24)15-7-9-23(10-8-15)27(25,26)16-6-5-13(2)11-14(16)3/h5-6,11-12,15H,4,7-10H2,1-3H3,(H,20,21,24). The van der Waals surface area contributed by atoms with Gasteiger partial charge in [-0.25, -0.2) is 8.42 Å². The van der Waals surface area contributed by atoms with Crippen LogP contribution in [-0.4, -0.2) is 46.5 Å². The quantitative estimate of drug-likeness (QED) is 0.840. The molecule has 8 nitrogen and oxygen atoms in total. The number of aromatic nitrogens is 3. The Kier molecular flexibility index (Phi) is 5.61. The van der Waals surface area contributed by atoms with E-state index < -0.39 is 10.0 Å². The summed E-state index contributed by atoms with van der Waals surface area (Å²) in [6.45, 7) is 7.00. The van der Waals surface area contributed by atoms with Gasteiger partial charge in [-0.1, -0.05) is 17.7 Å². The van der Waals surface area contributed by atoms with E-state index in [2.05, 4.69) is 15.5 Å². The van der Waals surface area contributed by atoms with Crippen molar-refractivity contribution in [1.82, 2.24) is 19.1 Å². The Labute approximate surface area is 159 Å². The monoisotopic (exact) mass is 391 g/mol. The molecule has 0 radical (unpaired) electrons. The number of amides is 1. The molecule has 2 aromatic rings. The van der Waals surface area contributed by atoms with Crippen LogP contribution in [0, 0.1) is 19.8 Å². The molecule has 1 fully saturated rings. The lowest BCUT2D eigenvalue weighted by Crippen LogP contribution is -2.41. The summed E-state index contributed by atoms with van der Waals surface area (Å²) in [6.07, 6.45) is 2.53. The zero-order chi connectivity index (χ0) is 19.6. The number of nitrogens with one attached hydrogen (secondary N) is 1. The molecule has 1 amide bonds. The molecule has 0 bridgehead atoms. The number of hydrogen-bond acceptors (Lipinski definition) is 5. The third kappa shape index (κ3) is 4.03. The average Bonchev–Trinajstić information content (AvgIpc) is 3.08. The number of benzene rings is 1. The Morgan fingerprint density at radius 1 is 1.26 bits per heavy atom. The molecule has 1 N–H and O–H groups in total. The number of hydrogen-bond donors (Lipinski definition) is 1. The maximum atomic E-state index is 12.9. The first kappa shape index (κ1) is 19.5. The Morgan fingerprint density at radius 2 is 1.96 bits per heavy atom. The SMILES string of the molecule is CCn1cnnc1NC(=O)C1CCN(S(=O)(=O)c2ccc(C)cc2C)CC1. The molecule has 1 aliphatic rings. The number of rotatable bonds is 5. The van der Waals surface area contributed by atoms with Crippen LogP contribution in [0.15, 0.2) is 29.4 Å². The van der Waals surface area contributed by atoms with E-state index in [0.29, 0.717) is 43.3 Å². The molecule has 1 aromatic heterocycles. The molecular weight excluding hydrogens is 366 g/mol. The average molecular weight is 391 g/mol. The van der Waals surface area contributed by atoms with E-state index in [9.17, 15) is 13.2 Å². The van der Waals surface area contributed by atoms with Gasteiger partial charge in [0.25, 0.3) is 0 Å². The second-order valence-electron chi connectivity index (χ2n) is 6.88. The van der Waals surface area contributed by atoms with Gasteiger partial charge >= 0.3 is 0 Å². The minimum absolute atomic E-state index is 0.138. The Balaban J connectivity index is 1.65. The zero-order valence-electron chi connectivity index (χ0n) is 15.8. The van der Waals surface area contributed by atoms with Gasteiger partial charge in [-0.3, -0.25) is 10.1 Å². The van der Waals surface area contributed by atoms with Gasteiger partial charge in [0.1, 0.15) is 6.33 Å². The predicted octanol–water partition coefficient (Wildman–Crippen LogP) is 1.95. The summed E-state index contributed by atoms with van der Waals surface area (Å²) in [6, 6.07) is 5.34. The van der Waals surface area contributed by atoms with Crippen LogP contribution in [0.4, 0.5) is 5.95 Å². The number of sulfonamides is 1. The van der Waals surface area contributed by atoms with Gasteiger partial charge < -0.3 is 4.57 Å². The number of carbonyl (C=O) groups is 1. The molecule has 0 aliphatic carbocycles. The van der Waals surface area contributed by atoms with Crippen LogP contribution >= 0.6 is 0 Å². The third-order valence-electron chi connectivity index (χ3n) is 4.96. The zero-order valence-corrected chi connectivity index (χ0v) is 16.7. The number of anilines is 1. The first-order valence-corrected chi connectivity index (χ1v) is 10.5. The summed E-state index contributed by atoms with van der Waals surface area (Å²) in [5.41, 5.74) is 1.77. The van der Waals surface area contributed by atoms with Gasteiger partial charge in [-0.05, 0) is 45.2 Å². The second kappa shape index (κ2) is 7.77. The van der Waals surface area contributed by atoms with Crippen LogP contribution in [0.5, 0.6) is 0 Å². The summed E-state index contributed by atoms with van der Waals surface area (Å²) in [5.74, 6) is 0.0478. The van der Waals surface area contributed by atoms with E-state index in [4.69, 9.17) is 0 Å². The summed E-state index contributed by atoms with van der Waals surface area (Å²) >= 11 is 0. The topological polar surface area (TPSA) is 97.2 Å². The van der Waals surface area contributed by atoms with E-state index >= 15 is 0 Å². The van der Waals surface area contributed by atoms with Crippen molar-refractivity contribution in [1.29, 1.82) is 0 Å². The first-order chi connectivity index (χ1) is 12.8. The minimum atomic E-state index is -3.54. The first-order valence-electron chi connectivity index (χ1n) is 9.09. The molecular formula is C18H25N5O3S. The van der Waals surface area contributed by atoms with Crippen molar-refractivity contribution in [3.05, 3.63) is 35.7 Å². The maximum absolute atomic E-state index is 12.9. The molecule has 27 heavy (non-hydrogen) atoms. The van der Waals surface area contributed by atoms with Crippen molar-refractivity contribution in [3.8, 4) is 0 Å². The van der Waals surface area contributed by atoms with Gasteiger partial charge in [-0.15, -0.1) is 10.2 Å². The molecule has 146 valence electrons. The van der Waals surface area contributed by atoms with Gasteiger partial charge in [0.05, 0.1) is 4.90 Å². The molecule has 3 rings (SSSR count). The van der Waals surface area contributed by atoms with Crippen LogP contribution in [0.25, 0.3) is 0 Å². The van der Waals surface area contributed by atoms with E-state index in [1.165, 1.54) is 4.31 Å². The van der Waals surface area contributed by atoms with Crippen molar-refractivity contribution in [2.24, 2.45) is 5.92 Å². The summed E-state index contributed by atoms with van der Waals surface area (Å²) in [5, 5.41) is 10.5. The minimum Gasteiger partial charge on any atom is -0.300 e. The Bertz CT molecular complexity index is 930. The molecule has 1 saturated heterocycles. The highest BCUT2D eigenvalue weighted by Crippen LogP contribution is 2.26. The van der Waals surface area contributed by atoms with Crippen molar-refractivity contribution < 1.29 is 13.2 Å². The number of piperidine rings is 1. The van der Waals surface area contributed by atoms with E-state index in [0.717, 1.165) is 11.1 Å². The van der Waals surface area contributed by atoms with E-state index in [1.807, 2.05) is 32.9 Å². The lowest BCUT2D eigenvalue weighted by molar-refractivity contribution is -0.121. The smallest absolute Gasteiger partial charge is 0.243 e. The lowest BCUT2D eigenvalue weighted by Gasteiger charge is -2.30. The van der Waals surface area contributed by atoms with Crippen LogP contribution in [0.3, 0.4) is 0 Å². The van der Waals surface area contributed by atoms with Crippen molar-refractivity contribution in [3.63, 3.8) is 0 Å². The van der Waals surface area contributed by atoms with Crippen molar-refractivity contribution in [2.45, 2.75) is 45.1 Å². The fraction of sp³-hybridized carbons (Fsp3) is 0.500. The number of aryl methyl sites for hydroxylation is 3. The summed E-state index contributed by atoms with van der Waals surface area (Å²) in [4.78, 5) is 12.8. The van der Waals surface area contributed by atoms with Crippen LogP contribution in [0.2, 0.25) is 0 Å². The molecule has 0 unspecified atom stereocenters. The van der Waals surface area contributed by atoms with E-state index in [1.54, 1.807) is 17.0 Å². The number of carbonyl (C=O) groups excluding carboxylic acids is 1. The molecule has 0 atom stereocenters. The Hall–Kier alpha value is -2.26. The molecule has 0 saturated carbocycles. The van der Waals surface area contributed by atoms with Crippen LogP contribution < -0.4 is 5.32 Å². The number of nitrogens with zero attached hydrogens (tertiary/aromatic N) is 4. The highest BCUT2D eigenvalue weighted by atomic mass is 32.2.